The standard InChI is InChI=1S/C21H25F4N3O3/c1-4-26-20(27-11-13-5-6-15(22)9-18(13)21(23,24)25)28-12-19(29)14-7-16(30-2)10-17(8-14)31-3/h5-10,19,29H,4,11-12H2,1-3H3,(H2,26,27,28). The predicted molar refractivity (Wildman–Crippen MR) is 109 cm³/mol. The van der Waals surface area contributed by atoms with Crippen molar-refractivity contribution in [3.63, 3.8) is 0 Å². The first-order chi connectivity index (χ1) is 14.7. The second kappa shape index (κ2) is 10.9. The number of halogens is 4. The van der Waals surface area contributed by atoms with E-state index in [9.17, 15) is 22.7 Å². The van der Waals surface area contributed by atoms with Crippen LogP contribution in [0.3, 0.4) is 0 Å². The van der Waals surface area contributed by atoms with Crippen LogP contribution in [-0.4, -0.2) is 38.4 Å². The SMILES string of the molecule is CCNC(=NCc1ccc(F)cc1C(F)(F)F)NCC(O)c1cc(OC)cc(OC)c1. The number of nitrogens with one attached hydrogen (secondary N) is 2. The third-order valence-corrected chi connectivity index (χ3v) is 4.35. The first-order valence-electron chi connectivity index (χ1n) is 9.46. The maximum absolute atomic E-state index is 13.3. The number of methoxy groups -OCH3 is 2. The van der Waals surface area contributed by atoms with Gasteiger partial charge in [-0.05, 0) is 42.3 Å². The Morgan fingerprint density at radius 2 is 1.71 bits per heavy atom. The van der Waals surface area contributed by atoms with Gasteiger partial charge in [-0.25, -0.2) is 9.38 Å². The minimum Gasteiger partial charge on any atom is -0.497 e. The van der Waals surface area contributed by atoms with Crippen molar-refractivity contribution in [2.45, 2.75) is 25.7 Å². The van der Waals surface area contributed by atoms with Gasteiger partial charge in [-0.1, -0.05) is 6.07 Å². The van der Waals surface area contributed by atoms with E-state index in [-0.39, 0.29) is 24.6 Å². The van der Waals surface area contributed by atoms with Gasteiger partial charge in [-0.15, -0.1) is 0 Å². The van der Waals surface area contributed by atoms with Crippen LogP contribution in [0.5, 0.6) is 11.5 Å². The van der Waals surface area contributed by atoms with Crippen molar-refractivity contribution in [3.8, 4) is 11.5 Å². The fourth-order valence-corrected chi connectivity index (χ4v) is 2.79. The molecule has 0 aliphatic heterocycles. The van der Waals surface area contributed by atoms with Gasteiger partial charge >= 0.3 is 6.18 Å². The number of hydrogen-bond acceptors (Lipinski definition) is 4. The van der Waals surface area contributed by atoms with Crippen LogP contribution in [-0.2, 0) is 12.7 Å². The van der Waals surface area contributed by atoms with Crippen molar-refractivity contribution in [1.82, 2.24) is 10.6 Å². The van der Waals surface area contributed by atoms with Gasteiger partial charge in [0.25, 0.3) is 0 Å². The van der Waals surface area contributed by atoms with Crippen LogP contribution in [0.15, 0.2) is 41.4 Å². The molecular weight excluding hydrogens is 418 g/mol. The van der Waals surface area contributed by atoms with Crippen molar-refractivity contribution < 1.29 is 32.1 Å². The molecule has 0 bridgehead atoms. The molecule has 1 unspecified atom stereocenters. The second-order valence-electron chi connectivity index (χ2n) is 6.54. The highest BCUT2D eigenvalue weighted by Gasteiger charge is 2.33. The zero-order chi connectivity index (χ0) is 23.0. The third kappa shape index (κ3) is 7.02. The Labute approximate surface area is 177 Å². The number of benzene rings is 2. The van der Waals surface area contributed by atoms with Gasteiger partial charge in [0.05, 0.1) is 32.4 Å². The normalized spacial score (nSPS) is 13.0. The van der Waals surface area contributed by atoms with Crippen LogP contribution in [0.25, 0.3) is 0 Å². The lowest BCUT2D eigenvalue weighted by Crippen LogP contribution is -2.39. The van der Waals surface area contributed by atoms with E-state index in [0.29, 0.717) is 29.7 Å². The molecule has 0 saturated heterocycles. The number of aliphatic hydroxyl groups is 1. The van der Waals surface area contributed by atoms with E-state index in [2.05, 4.69) is 15.6 Å². The molecule has 10 heteroatoms. The number of guanidine groups is 1. The molecule has 1 atom stereocenters. The zero-order valence-electron chi connectivity index (χ0n) is 17.4. The number of aliphatic imine (C=N–C) groups is 1. The number of hydrogen-bond donors (Lipinski definition) is 3. The Bertz CT molecular complexity index is 882. The molecule has 2 aromatic rings. The quantitative estimate of drug-likeness (QED) is 0.330. The molecule has 0 aliphatic rings. The molecule has 0 fully saturated rings. The van der Waals surface area contributed by atoms with Crippen molar-refractivity contribution in [2.24, 2.45) is 4.99 Å². The Hall–Kier alpha value is -3.01. The molecule has 3 N–H and O–H groups in total. The highest BCUT2D eigenvalue weighted by molar-refractivity contribution is 5.79. The highest BCUT2D eigenvalue weighted by Crippen LogP contribution is 2.33. The molecule has 0 amide bonds. The molecule has 0 saturated carbocycles. The monoisotopic (exact) mass is 443 g/mol. The van der Waals surface area contributed by atoms with E-state index in [4.69, 9.17) is 9.47 Å². The summed E-state index contributed by atoms with van der Waals surface area (Å²) in [5.41, 5.74) is -0.711. The Kier molecular flexibility index (Phi) is 8.49. The van der Waals surface area contributed by atoms with Crippen LogP contribution in [0.4, 0.5) is 17.6 Å². The van der Waals surface area contributed by atoms with Gasteiger partial charge in [0.1, 0.15) is 17.3 Å². The lowest BCUT2D eigenvalue weighted by Gasteiger charge is -2.17. The average molecular weight is 443 g/mol. The summed E-state index contributed by atoms with van der Waals surface area (Å²) in [6.45, 7) is 1.94. The summed E-state index contributed by atoms with van der Waals surface area (Å²) in [5.74, 6) is 0.241. The van der Waals surface area contributed by atoms with Crippen molar-refractivity contribution in [1.29, 1.82) is 0 Å². The fraction of sp³-hybridized carbons (Fsp3) is 0.381. The number of aliphatic hydroxyl groups excluding tert-OH is 1. The van der Waals surface area contributed by atoms with E-state index in [1.165, 1.54) is 14.2 Å². The summed E-state index contributed by atoms with van der Waals surface area (Å²) in [6, 6.07) is 7.42. The largest absolute Gasteiger partial charge is 0.497 e. The van der Waals surface area contributed by atoms with Crippen LogP contribution in [0, 0.1) is 5.82 Å². The Morgan fingerprint density at radius 1 is 1.06 bits per heavy atom. The van der Waals surface area contributed by atoms with Crippen molar-refractivity contribution in [3.05, 3.63) is 58.9 Å². The maximum Gasteiger partial charge on any atom is 0.416 e. The average Bonchev–Trinajstić information content (AvgIpc) is 2.74. The van der Waals surface area contributed by atoms with E-state index in [1.807, 2.05) is 0 Å². The molecule has 2 rings (SSSR count). The Morgan fingerprint density at radius 3 is 2.26 bits per heavy atom. The summed E-state index contributed by atoms with van der Waals surface area (Å²) in [6.07, 6.45) is -5.66. The number of rotatable bonds is 8. The van der Waals surface area contributed by atoms with Gasteiger partial charge < -0.3 is 25.2 Å². The first kappa shape index (κ1) is 24.3. The molecule has 31 heavy (non-hydrogen) atoms. The number of alkyl halides is 3. The van der Waals surface area contributed by atoms with Crippen LogP contribution in [0.1, 0.15) is 29.7 Å². The molecule has 2 aromatic carbocycles. The van der Waals surface area contributed by atoms with E-state index >= 15 is 0 Å². The van der Waals surface area contributed by atoms with Gasteiger partial charge in [0, 0.05) is 19.2 Å². The molecular formula is C21H25F4N3O3. The van der Waals surface area contributed by atoms with Gasteiger partial charge in [-0.3, -0.25) is 0 Å². The van der Waals surface area contributed by atoms with E-state index < -0.39 is 23.7 Å². The van der Waals surface area contributed by atoms with Gasteiger partial charge in [0.15, 0.2) is 5.96 Å². The minimum atomic E-state index is -4.69. The number of nitrogens with zero attached hydrogens (tertiary/aromatic N) is 1. The fourth-order valence-electron chi connectivity index (χ4n) is 2.79. The summed E-state index contributed by atoms with van der Waals surface area (Å²) >= 11 is 0. The third-order valence-electron chi connectivity index (χ3n) is 4.35. The first-order valence-corrected chi connectivity index (χ1v) is 9.46. The molecule has 0 spiro atoms. The molecule has 0 aliphatic carbocycles. The number of ether oxygens (including phenoxy) is 2. The summed E-state index contributed by atoms with van der Waals surface area (Å²) in [5, 5.41) is 16.3. The highest BCUT2D eigenvalue weighted by atomic mass is 19.4. The topological polar surface area (TPSA) is 75.1 Å². The maximum atomic E-state index is 13.3. The van der Waals surface area contributed by atoms with Gasteiger partial charge in [0.2, 0.25) is 0 Å². The molecule has 6 nitrogen and oxygen atoms in total. The zero-order valence-corrected chi connectivity index (χ0v) is 17.4. The van der Waals surface area contributed by atoms with E-state index in [0.717, 1.165) is 12.1 Å². The van der Waals surface area contributed by atoms with Gasteiger partial charge in [-0.2, -0.15) is 13.2 Å². The summed E-state index contributed by atoms with van der Waals surface area (Å²) in [4.78, 5) is 4.13. The lowest BCUT2D eigenvalue weighted by molar-refractivity contribution is -0.138. The van der Waals surface area contributed by atoms with Crippen molar-refractivity contribution in [2.75, 3.05) is 27.3 Å². The summed E-state index contributed by atoms with van der Waals surface area (Å²) < 4.78 is 63.1. The minimum absolute atomic E-state index is 0.0255. The molecule has 0 heterocycles. The van der Waals surface area contributed by atoms with Crippen LogP contribution in [0.2, 0.25) is 0 Å². The van der Waals surface area contributed by atoms with Crippen LogP contribution < -0.4 is 20.1 Å². The van der Waals surface area contributed by atoms with Crippen molar-refractivity contribution >= 4 is 5.96 Å². The lowest BCUT2D eigenvalue weighted by atomic mass is 10.1. The Balaban J connectivity index is 2.14. The smallest absolute Gasteiger partial charge is 0.416 e. The summed E-state index contributed by atoms with van der Waals surface area (Å²) in [7, 11) is 2.98. The molecule has 0 aromatic heterocycles. The van der Waals surface area contributed by atoms with Crippen LogP contribution >= 0.6 is 0 Å². The second-order valence-corrected chi connectivity index (χ2v) is 6.54. The molecule has 170 valence electrons. The molecule has 0 radical (unpaired) electrons. The van der Waals surface area contributed by atoms with E-state index in [1.54, 1.807) is 25.1 Å². The predicted octanol–water partition coefficient (Wildman–Crippen LogP) is 3.65.